The van der Waals surface area contributed by atoms with Gasteiger partial charge in [-0.05, 0) is 24.6 Å². The van der Waals surface area contributed by atoms with Crippen LogP contribution in [0.2, 0.25) is 5.02 Å². The standard InChI is InChI=1S/C13H14ClF2N3O/c1-8(17)9-2-3-11(10(14)6-9)20-7-12-18-4-5-19(12)13(15)16/h2-6,8,13H,7,17H2,1H3. The number of imidazole rings is 1. The average molecular weight is 302 g/mol. The Morgan fingerprint density at radius 2 is 2.20 bits per heavy atom. The Balaban J connectivity index is 2.09. The van der Waals surface area contributed by atoms with Crippen LogP contribution in [0.5, 0.6) is 5.75 Å². The van der Waals surface area contributed by atoms with E-state index in [0.29, 0.717) is 10.8 Å². The number of alkyl halides is 2. The van der Waals surface area contributed by atoms with Gasteiger partial charge in [0.2, 0.25) is 0 Å². The van der Waals surface area contributed by atoms with Crippen LogP contribution in [0.25, 0.3) is 0 Å². The van der Waals surface area contributed by atoms with Crippen LogP contribution in [0, 0.1) is 0 Å². The number of hydrogen-bond donors (Lipinski definition) is 1. The number of rotatable bonds is 5. The predicted octanol–water partition coefficient (Wildman–Crippen LogP) is 3.53. The molecule has 1 aromatic heterocycles. The first-order valence-corrected chi connectivity index (χ1v) is 6.34. The zero-order chi connectivity index (χ0) is 14.7. The summed E-state index contributed by atoms with van der Waals surface area (Å²) in [4.78, 5) is 3.82. The fourth-order valence-electron chi connectivity index (χ4n) is 1.69. The van der Waals surface area contributed by atoms with E-state index in [1.165, 1.54) is 12.4 Å². The van der Waals surface area contributed by atoms with Crippen molar-refractivity contribution in [1.82, 2.24) is 9.55 Å². The van der Waals surface area contributed by atoms with Crippen molar-refractivity contribution in [2.24, 2.45) is 5.73 Å². The van der Waals surface area contributed by atoms with E-state index in [4.69, 9.17) is 22.1 Å². The number of nitrogens with two attached hydrogens (primary N) is 1. The van der Waals surface area contributed by atoms with E-state index < -0.39 is 6.55 Å². The highest BCUT2D eigenvalue weighted by Gasteiger charge is 2.13. The van der Waals surface area contributed by atoms with Gasteiger partial charge in [-0.1, -0.05) is 17.7 Å². The van der Waals surface area contributed by atoms with E-state index in [-0.39, 0.29) is 18.5 Å². The van der Waals surface area contributed by atoms with Crippen LogP contribution in [-0.4, -0.2) is 9.55 Å². The summed E-state index contributed by atoms with van der Waals surface area (Å²) < 4.78 is 31.4. The van der Waals surface area contributed by atoms with Gasteiger partial charge in [-0.2, -0.15) is 8.78 Å². The first kappa shape index (κ1) is 14.7. The summed E-state index contributed by atoms with van der Waals surface area (Å²) in [6.07, 6.45) is 2.50. The first-order chi connectivity index (χ1) is 9.49. The Kier molecular flexibility index (Phi) is 4.57. The number of benzene rings is 1. The van der Waals surface area contributed by atoms with Crippen molar-refractivity contribution in [3.05, 3.63) is 47.0 Å². The Hall–Kier alpha value is -1.66. The van der Waals surface area contributed by atoms with E-state index in [9.17, 15) is 8.78 Å². The Bertz CT molecular complexity index is 587. The van der Waals surface area contributed by atoms with Gasteiger partial charge in [0.05, 0.1) is 5.02 Å². The minimum Gasteiger partial charge on any atom is -0.484 e. The summed E-state index contributed by atoms with van der Waals surface area (Å²) in [7, 11) is 0. The van der Waals surface area contributed by atoms with Gasteiger partial charge in [0.1, 0.15) is 12.4 Å². The van der Waals surface area contributed by atoms with Gasteiger partial charge in [-0.3, -0.25) is 4.57 Å². The minimum atomic E-state index is -2.65. The Morgan fingerprint density at radius 3 is 2.80 bits per heavy atom. The fourth-order valence-corrected chi connectivity index (χ4v) is 1.94. The quantitative estimate of drug-likeness (QED) is 0.919. The highest BCUT2D eigenvalue weighted by Crippen LogP contribution is 2.28. The molecule has 7 heteroatoms. The number of aromatic nitrogens is 2. The molecule has 0 saturated heterocycles. The lowest BCUT2D eigenvalue weighted by Gasteiger charge is -2.12. The molecular weight excluding hydrogens is 288 g/mol. The summed E-state index contributed by atoms with van der Waals surface area (Å²) >= 11 is 6.06. The van der Waals surface area contributed by atoms with Crippen LogP contribution >= 0.6 is 11.6 Å². The van der Waals surface area contributed by atoms with Gasteiger partial charge in [-0.15, -0.1) is 0 Å². The zero-order valence-electron chi connectivity index (χ0n) is 10.8. The minimum absolute atomic E-state index is 0.0887. The SMILES string of the molecule is CC(N)c1ccc(OCc2nccn2C(F)F)c(Cl)c1. The van der Waals surface area contributed by atoms with Crippen molar-refractivity contribution in [2.75, 3.05) is 0 Å². The molecule has 108 valence electrons. The van der Waals surface area contributed by atoms with Crippen molar-refractivity contribution in [2.45, 2.75) is 26.1 Å². The van der Waals surface area contributed by atoms with Crippen molar-refractivity contribution in [3.8, 4) is 5.75 Å². The maximum atomic E-state index is 12.6. The molecule has 0 spiro atoms. The fraction of sp³-hybridized carbons (Fsp3) is 0.308. The molecule has 2 rings (SSSR count). The van der Waals surface area contributed by atoms with Gasteiger partial charge >= 0.3 is 6.55 Å². The van der Waals surface area contributed by atoms with Gasteiger partial charge in [0.25, 0.3) is 0 Å². The summed E-state index contributed by atoms with van der Waals surface area (Å²) in [6.45, 7) is -0.896. The number of nitrogens with zero attached hydrogens (tertiary/aromatic N) is 2. The van der Waals surface area contributed by atoms with Crippen LogP contribution in [0.15, 0.2) is 30.6 Å². The molecule has 0 aliphatic rings. The third-order valence-electron chi connectivity index (χ3n) is 2.80. The molecule has 0 saturated carbocycles. The summed E-state index contributed by atoms with van der Waals surface area (Å²) in [5.74, 6) is 0.534. The van der Waals surface area contributed by atoms with E-state index in [1.54, 1.807) is 18.2 Å². The molecule has 0 radical (unpaired) electrons. The second kappa shape index (κ2) is 6.19. The van der Waals surface area contributed by atoms with Gasteiger partial charge < -0.3 is 10.5 Å². The molecule has 0 bridgehead atoms. The smallest absolute Gasteiger partial charge is 0.320 e. The molecule has 1 unspecified atom stereocenters. The van der Waals surface area contributed by atoms with E-state index in [0.717, 1.165) is 10.1 Å². The summed E-state index contributed by atoms with van der Waals surface area (Å²) in [6, 6.07) is 5.00. The van der Waals surface area contributed by atoms with Crippen molar-refractivity contribution in [3.63, 3.8) is 0 Å². The Morgan fingerprint density at radius 1 is 1.45 bits per heavy atom. The zero-order valence-corrected chi connectivity index (χ0v) is 11.5. The molecule has 4 nitrogen and oxygen atoms in total. The lowest BCUT2D eigenvalue weighted by atomic mass is 10.1. The first-order valence-electron chi connectivity index (χ1n) is 5.96. The number of ether oxygens (including phenoxy) is 1. The molecular formula is C13H14ClF2N3O. The van der Waals surface area contributed by atoms with Crippen LogP contribution in [-0.2, 0) is 6.61 Å². The molecule has 0 amide bonds. The normalized spacial score (nSPS) is 12.7. The number of halogens is 3. The largest absolute Gasteiger partial charge is 0.484 e. The van der Waals surface area contributed by atoms with Gasteiger partial charge in [0, 0.05) is 18.4 Å². The molecule has 2 aromatic rings. The topological polar surface area (TPSA) is 53.1 Å². The highest BCUT2D eigenvalue weighted by molar-refractivity contribution is 6.32. The maximum Gasteiger partial charge on any atom is 0.320 e. The molecule has 1 atom stereocenters. The summed E-state index contributed by atoms with van der Waals surface area (Å²) in [5, 5.41) is 0.384. The molecule has 0 aliphatic carbocycles. The molecule has 1 aromatic carbocycles. The second-order valence-corrected chi connectivity index (χ2v) is 4.70. The molecule has 0 aliphatic heterocycles. The van der Waals surface area contributed by atoms with Crippen LogP contribution in [0.3, 0.4) is 0 Å². The van der Waals surface area contributed by atoms with Gasteiger partial charge in [-0.25, -0.2) is 4.98 Å². The predicted molar refractivity (Wildman–Crippen MR) is 71.9 cm³/mol. The van der Waals surface area contributed by atoms with Crippen molar-refractivity contribution < 1.29 is 13.5 Å². The molecule has 1 heterocycles. The third-order valence-corrected chi connectivity index (χ3v) is 3.09. The third kappa shape index (κ3) is 3.26. The molecule has 0 fully saturated rings. The van der Waals surface area contributed by atoms with Crippen molar-refractivity contribution in [1.29, 1.82) is 0 Å². The molecule has 2 N–H and O–H groups in total. The van der Waals surface area contributed by atoms with Crippen LogP contribution < -0.4 is 10.5 Å². The summed E-state index contributed by atoms with van der Waals surface area (Å²) in [5.41, 5.74) is 6.61. The van der Waals surface area contributed by atoms with Crippen LogP contribution in [0.1, 0.15) is 30.9 Å². The maximum absolute atomic E-state index is 12.6. The Labute approximate surface area is 120 Å². The van der Waals surface area contributed by atoms with E-state index in [2.05, 4.69) is 4.98 Å². The van der Waals surface area contributed by atoms with Crippen LogP contribution in [0.4, 0.5) is 8.78 Å². The lowest BCUT2D eigenvalue weighted by molar-refractivity contribution is 0.0632. The number of hydrogen-bond acceptors (Lipinski definition) is 3. The monoisotopic (exact) mass is 301 g/mol. The van der Waals surface area contributed by atoms with E-state index >= 15 is 0 Å². The highest BCUT2D eigenvalue weighted by atomic mass is 35.5. The van der Waals surface area contributed by atoms with Crippen molar-refractivity contribution >= 4 is 11.6 Å². The van der Waals surface area contributed by atoms with E-state index in [1.807, 2.05) is 6.92 Å². The van der Waals surface area contributed by atoms with Gasteiger partial charge in [0.15, 0.2) is 5.82 Å². The average Bonchev–Trinajstić information content (AvgIpc) is 2.85. The molecule has 20 heavy (non-hydrogen) atoms. The second-order valence-electron chi connectivity index (χ2n) is 4.30. The lowest BCUT2D eigenvalue weighted by Crippen LogP contribution is -2.08.